The molecule has 0 aliphatic heterocycles. The van der Waals surface area contributed by atoms with E-state index in [4.69, 9.17) is 0 Å². The topological polar surface area (TPSA) is 37.4 Å². The zero-order valence-electron chi connectivity index (χ0n) is 8.25. The van der Waals surface area contributed by atoms with Gasteiger partial charge in [-0.3, -0.25) is 9.59 Å². The smallest absolute Gasteiger partial charge is 0.294 e. The third-order valence-electron chi connectivity index (χ3n) is 1.77. The number of halogens is 2. The van der Waals surface area contributed by atoms with Crippen LogP contribution < -0.4 is 0 Å². The molecule has 0 fully saturated rings. The van der Waals surface area contributed by atoms with Gasteiger partial charge < -0.3 is 4.90 Å². The van der Waals surface area contributed by atoms with Crippen molar-refractivity contribution in [2.24, 2.45) is 0 Å². The lowest BCUT2D eigenvalue weighted by Gasteiger charge is -2.09. The highest BCUT2D eigenvalue weighted by Crippen LogP contribution is 2.11. The maximum atomic E-state index is 13.1. The first kappa shape index (κ1) is 11.3. The highest BCUT2D eigenvalue weighted by molar-refractivity contribution is 6.42. The number of benzene rings is 1. The SMILES string of the molecule is CN(C)C(=O)C(=O)c1cc(F)ccc1F. The number of nitrogens with zero attached hydrogens (tertiary/aromatic N) is 1. The van der Waals surface area contributed by atoms with Crippen LogP contribution in [0.25, 0.3) is 0 Å². The Bertz CT molecular complexity index is 416. The minimum Gasteiger partial charge on any atom is -0.342 e. The van der Waals surface area contributed by atoms with Crippen molar-refractivity contribution < 1.29 is 18.4 Å². The molecule has 0 heterocycles. The first-order valence-electron chi connectivity index (χ1n) is 4.14. The number of hydrogen-bond donors (Lipinski definition) is 0. The van der Waals surface area contributed by atoms with E-state index < -0.39 is 28.9 Å². The van der Waals surface area contributed by atoms with Gasteiger partial charge in [0.15, 0.2) is 0 Å². The van der Waals surface area contributed by atoms with Crippen LogP contribution in [0.1, 0.15) is 10.4 Å². The van der Waals surface area contributed by atoms with E-state index in [0.29, 0.717) is 6.07 Å². The van der Waals surface area contributed by atoms with Gasteiger partial charge in [0.2, 0.25) is 0 Å². The fraction of sp³-hybridized carbons (Fsp3) is 0.200. The van der Waals surface area contributed by atoms with Crippen molar-refractivity contribution in [2.75, 3.05) is 14.1 Å². The fourth-order valence-electron chi connectivity index (χ4n) is 0.990. The van der Waals surface area contributed by atoms with Crippen LogP contribution in [0.4, 0.5) is 8.78 Å². The molecule has 1 aromatic carbocycles. The monoisotopic (exact) mass is 213 g/mol. The van der Waals surface area contributed by atoms with E-state index in [1.54, 1.807) is 0 Å². The zero-order chi connectivity index (χ0) is 11.6. The molecular formula is C10H9F2NO2. The molecule has 1 aromatic rings. The molecule has 3 nitrogen and oxygen atoms in total. The van der Waals surface area contributed by atoms with Crippen molar-refractivity contribution in [3.8, 4) is 0 Å². The molecule has 0 atom stereocenters. The largest absolute Gasteiger partial charge is 0.342 e. The lowest BCUT2D eigenvalue weighted by Crippen LogP contribution is -2.30. The second kappa shape index (κ2) is 4.16. The molecule has 0 saturated heterocycles. The third kappa shape index (κ3) is 2.37. The lowest BCUT2D eigenvalue weighted by molar-refractivity contribution is -0.124. The van der Waals surface area contributed by atoms with Gasteiger partial charge in [-0.25, -0.2) is 8.78 Å². The predicted octanol–water partition coefficient (Wildman–Crippen LogP) is 1.24. The van der Waals surface area contributed by atoms with Gasteiger partial charge in [-0.2, -0.15) is 0 Å². The number of likely N-dealkylation sites (N-methyl/N-ethyl adjacent to an activating group) is 1. The Labute approximate surface area is 85.3 Å². The summed E-state index contributed by atoms with van der Waals surface area (Å²) in [7, 11) is 2.72. The molecule has 0 aliphatic rings. The molecule has 1 amide bonds. The average Bonchev–Trinajstić information content (AvgIpc) is 2.19. The first-order chi connectivity index (χ1) is 6.93. The Morgan fingerprint density at radius 2 is 1.80 bits per heavy atom. The molecule has 0 aromatic heterocycles. The van der Waals surface area contributed by atoms with Crippen LogP contribution in [-0.4, -0.2) is 30.7 Å². The lowest BCUT2D eigenvalue weighted by atomic mass is 10.1. The van der Waals surface area contributed by atoms with Crippen molar-refractivity contribution in [1.29, 1.82) is 0 Å². The second-order valence-corrected chi connectivity index (χ2v) is 3.15. The van der Waals surface area contributed by atoms with E-state index in [2.05, 4.69) is 0 Å². The highest BCUT2D eigenvalue weighted by atomic mass is 19.1. The van der Waals surface area contributed by atoms with Crippen molar-refractivity contribution in [3.63, 3.8) is 0 Å². The van der Waals surface area contributed by atoms with Crippen LogP contribution in [0, 0.1) is 11.6 Å². The molecule has 0 aliphatic carbocycles. The number of ketones is 1. The van der Waals surface area contributed by atoms with Crippen LogP contribution in [0.15, 0.2) is 18.2 Å². The molecule has 1 rings (SSSR count). The number of carbonyl (C=O) groups is 2. The van der Waals surface area contributed by atoms with Crippen LogP contribution in [0.3, 0.4) is 0 Å². The second-order valence-electron chi connectivity index (χ2n) is 3.15. The first-order valence-corrected chi connectivity index (χ1v) is 4.14. The van der Waals surface area contributed by atoms with E-state index in [0.717, 1.165) is 17.0 Å². The molecular weight excluding hydrogens is 204 g/mol. The Balaban J connectivity index is 3.11. The highest BCUT2D eigenvalue weighted by Gasteiger charge is 2.21. The van der Waals surface area contributed by atoms with Gasteiger partial charge in [0.05, 0.1) is 5.56 Å². The summed E-state index contributed by atoms with van der Waals surface area (Å²) in [6.07, 6.45) is 0. The number of hydrogen-bond acceptors (Lipinski definition) is 2. The van der Waals surface area contributed by atoms with Crippen molar-refractivity contribution in [3.05, 3.63) is 35.4 Å². The molecule has 0 unspecified atom stereocenters. The summed E-state index contributed by atoms with van der Waals surface area (Å²) in [6, 6.07) is 2.40. The number of carbonyl (C=O) groups excluding carboxylic acids is 2. The average molecular weight is 213 g/mol. The van der Waals surface area contributed by atoms with Crippen LogP contribution in [0.2, 0.25) is 0 Å². The van der Waals surface area contributed by atoms with Gasteiger partial charge in [0.1, 0.15) is 11.6 Å². The number of Topliss-reactive ketones (excluding diaryl/α,β-unsaturated/α-hetero) is 1. The minimum atomic E-state index is -1.06. The third-order valence-corrected chi connectivity index (χ3v) is 1.77. The summed E-state index contributed by atoms with van der Waals surface area (Å²) in [4.78, 5) is 23.6. The van der Waals surface area contributed by atoms with E-state index in [9.17, 15) is 18.4 Å². The summed E-state index contributed by atoms with van der Waals surface area (Å²) < 4.78 is 25.8. The maximum absolute atomic E-state index is 13.1. The van der Waals surface area contributed by atoms with Crippen molar-refractivity contribution in [2.45, 2.75) is 0 Å². The zero-order valence-corrected chi connectivity index (χ0v) is 8.25. The summed E-state index contributed by atoms with van der Waals surface area (Å²) in [5.74, 6) is -3.61. The summed E-state index contributed by atoms with van der Waals surface area (Å²) in [5, 5.41) is 0. The van der Waals surface area contributed by atoms with Gasteiger partial charge in [0, 0.05) is 14.1 Å². The molecule has 0 spiro atoms. The Kier molecular flexibility index (Phi) is 3.14. The molecule has 0 bridgehead atoms. The van der Waals surface area contributed by atoms with Crippen molar-refractivity contribution >= 4 is 11.7 Å². The van der Waals surface area contributed by atoms with Gasteiger partial charge >= 0.3 is 0 Å². The van der Waals surface area contributed by atoms with E-state index in [-0.39, 0.29) is 0 Å². The van der Waals surface area contributed by atoms with Crippen LogP contribution >= 0.6 is 0 Å². The quantitative estimate of drug-likeness (QED) is 0.547. The molecule has 15 heavy (non-hydrogen) atoms. The van der Waals surface area contributed by atoms with E-state index >= 15 is 0 Å². The maximum Gasteiger partial charge on any atom is 0.294 e. The number of rotatable bonds is 2. The van der Waals surface area contributed by atoms with Crippen LogP contribution in [-0.2, 0) is 4.79 Å². The normalized spacial score (nSPS) is 9.87. The Morgan fingerprint density at radius 1 is 1.20 bits per heavy atom. The fourth-order valence-corrected chi connectivity index (χ4v) is 0.990. The summed E-state index contributed by atoms with van der Waals surface area (Å²) >= 11 is 0. The Hall–Kier alpha value is -1.78. The van der Waals surface area contributed by atoms with Gasteiger partial charge in [0.25, 0.3) is 11.7 Å². The van der Waals surface area contributed by atoms with E-state index in [1.165, 1.54) is 14.1 Å². The molecule has 0 N–H and O–H groups in total. The molecule has 5 heteroatoms. The minimum absolute atomic E-state index is 0.547. The van der Waals surface area contributed by atoms with Gasteiger partial charge in [-0.05, 0) is 18.2 Å². The van der Waals surface area contributed by atoms with Gasteiger partial charge in [-0.15, -0.1) is 0 Å². The predicted molar refractivity (Wildman–Crippen MR) is 49.4 cm³/mol. The van der Waals surface area contributed by atoms with Crippen molar-refractivity contribution in [1.82, 2.24) is 4.90 Å². The standard InChI is InChI=1S/C10H9F2NO2/c1-13(2)10(15)9(14)7-5-6(11)3-4-8(7)12/h3-5H,1-2H3. The van der Waals surface area contributed by atoms with E-state index in [1.807, 2.05) is 0 Å². The van der Waals surface area contributed by atoms with Crippen LogP contribution in [0.5, 0.6) is 0 Å². The summed E-state index contributed by atoms with van der Waals surface area (Å²) in [6.45, 7) is 0. The van der Waals surface area contributed by atoms with Gasteiger partial charge in [-0.1, -0.05) is 0 Å². The molecule has 0 radical (unpaired) electrons. The molecule has 80 valence electrons. The Morgan fingerprint density at radius 3 is 2.33 bits per heavy atom. The summed E-state index contributed by atoms with van der Waals surface area (Å²) in [5.41, 5.74) is -0.547. The molecule has 0 saturated carbocycles. The number of amides is 1.